The lowest BCUT2D eigenvalue weighted by Crippen LogP contribution is -2.21. The van der Waals surface area contributed by atoms with Crippen LogP contribution in [0.15, 0.2) is 60.7 Å². The fourth-order valence-electron chi connectivity index (χ4n) is 3.58. The summed E-state index contributed by atoms with van der Waals surface area (Å²) >= 11 is 0. The minimum Gasteiger partial charge on any atom is -0.445 e. The van der Waals surface area contributed by atoms with Gasteiger partial charge in [-0.25, -0.2) is 4.79 Å². The zero-order valence-corrected chi connectivity index (χ0v) is 15.7. The van der Waals surface area contributed by atoms with E-state index in [-0.39, 0.29) is 11.8 Å². The lowest BCUT2D eigenvalue weighted by molar-refractivity contribution is -0.109. The molecule has 0 spiro atoms. The molecule has 4 nitrogen and oxygen atoms in total. The van der Waals surface area contributed by atoms with Crippen LogP contribution in [-0.2, 0) is 16.0 Å². The van der Waals surface area contributed by atoms with Gasteiger partial charge in [0.25, 0.3) is 0 Å². The summed E-state index contributed by atoms with van der Waals surface area (Å²) in [5.74, 6) is 5.66. The second kappa shape index (κ2) is 9.87. The Balaban J connectivity index is 1.76. The van der Waals surface area contributed by atoms with E-state index < -0.39 is 18.2 Å². The first-order chi connectivity index (χ1) is 13.7. The van der Waals surface area contributed by atoms with Crippen LogP contribution in [0.1, 0.15) is 35.2 Å². The molecule has 1 fully saturated rings. The zero-order valence-electron chi connectivity index (χ0n) is 15.7. The van der Waals surface area contributed by atoms with Crippen molar-refractivity contribution in [3.05, 3.63) is 71.8 Å². The number of carbonyl (C=O) groups is 2. The molecule has 0 saturated heterocycles. The molecular weight excluding hydrogens is 352 g/mol. The minimum absolute atomic E-state index is 0.0612. The molecule has 1 aliphatic rings. The Morgan fingerprint density at radius 3 is 2.46 bits per heavy atom. The van der Waals surface area contributed by atoms with E-state index in [2.05, 4.69) is 11.8 Å². The van der Waals surface area contributed by atoms with Gasteiger partial charge in [-0.05, 0) is 30.5 Å². The molecule has 0 aliphatic heterocycles. The maximum atomic E-state index is 12.5. The summed E-state index contributed by atoms with van der Waals surface area (Å²) in [6.07, 6.45) is 1.93. The average Bonchev–Trinajstić information content (AvgIpc) is 3.07. The van der Waals surface area contributed by atoms with Crippen molar-refractivity contribution in [3.63, 3.8) is 0 Å². The second-order valence-electron chi connectivity index (χ2n) is 7.06. The molecule has 144 valence electrons. The monoisotopic (exact) mass is 376 g/mol. The van der Waals surface area contributed by atoms with Gasteiger partial charge in [0.1, 0.15) is 6.29 Å². The van der Waals surface area contributed by atoms with Gasteiger partial charge in [0, 0.05) is 24.7 Å². The van der Waals surface area contributed by atoms with Crippen molar-refractivity contribution in [2.24, 2.45) is 11.8 Å². The molecule has 2 aromatic carbocycles. The van der Waals surface area contributed by atoms with Crippen molar-refractivity contribution in [1.29, 1.82) is 0 Å². The molecule has 0 bridgehead atoms. The maximum absolute atomic E-state index is 12.5. The molecule has 4 atom stereocenters. The lowest BCUT2D eigenvalue weighted by Gasteiger charge is -2.16. The Kier molecular flexibility index (Phi) is 7.00. The van der Waals surface area contributed by atoms with Crippen LogP contribution < -0.4 is 0 Å². The fraction of sp³-hybridized carbons (Fsp3) is 0.333. The summed E-state index contributed by atoms with van der Waals surface area (Å²) in [5.41, 5.74) is 1.51. The first-order valence-electron chi connectivity index (χ1n) is 9.60. The number of aliphatic hydroxyl groups excluding tert-OH is 1. The molecule has 1 saturated carbocycles. The molecule has 3 rings (SSSR count). The van der Waals surface area contributed by atoms with Crippen molar-refractivity contribution >= 4 is 12.3 Å². The molecule has 1 N–H and O–H groups in total. The molecular formula is C24H24O4. The summed E-state index contributed by atoms with van der Waals surface area (Å²) in [5, 5.41) is 10.1. The van der Waals surface area contributed by atoms with Gasteiger partial charge in [-0.2, -0.15) is 0 Å². The number of benzene rings is 2. The topological polar surface area (TPSA) is 63.6 Å². The minimum atomic E-state index is -0.593. The van der Waals surface area contributed by atoms with E-state index in [1.807, 2.05) is 36.4 Å². The Bertz CT molecular complexity index is 835. The third-order valence-electron chi connectivity index (χ3n) is 5.11. The van der Waals surface area contributed by atoms with Gasteiger partial charge in [-0.3, -0.25) is 0 Å². The van der Waals surface area contributed by atoms with E-state index >= 15 is 0 Å². The molecule has 0 aromatic heterocycles. The number of aliphatic hydroxyl groups is 1. The van der Waals surface area contributed by atoms with Crippen LogP contribution in [0.5, 0.6) is 0 Å². The summed E-state index contributed by atoms with van der Waals surface area (Å²) in [6.45, 7) is 0. The summed E-state index contributed by atoms with van der Waals surface area (Å²) in [4.78, 5) is 23.4. The molecule has 0 radical (unpaired) electrons. The summed E-state index contributed by atoms with van der Waals surface area (Å²) in [6, 6.07) is 18.6. The normalized spacial score (nSPS) is 22.0. The van der Waals surface area contributed by atoms with Crippen LogP contribution in [0, 0.1) is 23.7 Å². The maximum Gasteiger partial charge on any atom is 0.339 e. The van der Waals surface area contributed by atoms with E-state index in [0.29, 0.717) is 24.8 Å². The number of hydrogen-bond donors (Lipinski definition) is 1. The second-order valence-corrected chi connectivity index (χ2v) is 7.06. The van der Waals surface area contributed by atoms with Gasteiger partial charge in [-0.1, -0.05) is 60.4 Å². The summed E-state index contributed by atoms with van der Waals surface area (Å²) in [7, 11) is 0. The van der Waals surface area contributed by atoms with Crippen LogP contribution in [0.25, 0.3) is 0 Å². The lowest BCUT2D eigenvalue weighted by atomic mass is 9.92. The highest BCUT2D eigenvalue weighted by molar-refractivity contribution is 5.89. The third kappa shape index (κ3) is 5.31. The predicted octanol–water partition coefficient (Wildman–Crippen LogP) is 3.43. The van der Waals surface area contributed by atoms with Gasteiger partial charge in [0.15, 0.2) is 6.10 Å². The highest BCUT2D eigenvalue weighted by atomic mass is 16.5. The molecule has 0 heterocycles. The fourth-order valence-corrected chi connectivity index (χ4v) is 3.58. The number of ether oxygens (including phenoxy) is 1. The van der Waals surface area contributed by atoms with E-state index in [4.69, 9.17) is 4.74 Å². The van der Waals surface area contributed by atoms with E-state index in [1.54, 1.807) is 24.3 Å². The van der Waals surface area contributed by atoms with Gasteiger partial charge in [0.05, 0.1) is 11.7 Å². The number of esters is 1. The van der Waals surface area contributed by atoms with E-state index in [1.165, 1.54) is 0 Å². The van der Waals surface area contributed by atoms with E-state index in [9.17, 15) is 14.7 Å². The smallest absolute Gasteiger partial charge is 0.339 e. The molecule has 0 amide bonds. The largest absolute Gasteiger partial charge is 0.445 e. The van der Waals surface area contributed by atoms with Crippen molar-refractivity contribution in [2.45, 2.75) is 37.9 Å². The quantitative estimate of drug-likeness (QED) is 0.477. The first-order valence-corrected chi connectivity index (χ1v) is 9.60. The van der Waals surface area contributed by atoms with Crippen molar-refractivity contribution < 1.29 is 19.4 Å². The van der Waals surface area contributed by atoms with Gasteiger partial charge < -0.3 is 14.6 Å². The predicted molar refractivity (Wildman–Crippen MR) is 106 cm³/mol. The van der Waals surface area contributed by atoms with Crippen LogP contribution in [-0.4, -0.2) is 29.6 Å². The number of hydrogen-bond acceptors (Lipinski definition) is 4. The molecule has 4 heteroatoms. The third-order valence-corrected chi connectivity index (χ3v) is 5.11. The molecule has 28 heavy (non-hydrogen) atoms. The number of rotatable bonds is 6. The van der Waals surface area contributed by atoms with Gasteiger partial charge >= 0.3 is 5.97 Å². The zero-order chi connectivity index (χ0) is 19.8. The molecule has 1 aliphatic carbocycles. The van der Waals surface area contributed by atoms with Crippen LogP contribution in [0.3, 0.4) is 0 Å². The molecule has 2 aromatic rings. The van der Waals surface area contributed by atoms with E-state index in [0.717, 1.165) is 18.3 Å². The standard InChI is InChI=1S/C24H24O4/c25-16-15-22-19(12-14-23(22)26)11-13-21(17-18-7-3-1-4-8-18)28-24(27)20-9-5-2-6-10-20/h1-10,16,19,21-23,26H,12,14-15,17H2. The van der Waals surface area contributed by atoms with Crippen LogP contribution >= 0.6 is 0 Å². The SMILES string of the molecule is O=CCC1C(O)CCC1C#CC(Cc1ccccc1)OC(=O)c1ccccc1. The van der Waals surface area contributed by atoms with Crippen LogP contribution in [0.2, 0.25) is 0 Å². The first kappa shape index (κ1) is 19.9. The highest BCUT2D eigenvalue weighted by Crippen LogP contribution is 2.33. The van der Waals surface area contributed by atoms with Crippen molar-refractivity contribution in [1.82, 2.24) is 0 Å². The van der Waals surface area contributed by atoms with Crippen LogP contribution in [0.4, 0.5) is 0 Å². The Labute approximate surface area is 165 Å². The Morgan fingerprint density at radius 1 is 1.11 bits per heavy atom. The highest BCUT2D eigenvalue weighted by Gasteiger charge is 2.33. The average molecular weight is 376 g/mol. The van der Waals surface area contributed by atoms with Crippen molar-refractivity contribution in [2.75, 3.05) is 0 Å². The Hall–Kier alpha value is -2.90. The van der Waals surface area contributed by atoms with Crippen molar-refractivity contribution in [3.8, 4) is 11.8 Å². The Morgan fingerprint density at radius 2 is 1.79 bits per heavy atom. The summed E-state index contributed by atoms with van der Waals surface area (Å²) < 4.78 is 5.68. The van der Waals surface area contributed by atoms with Gasteiger partial charge in [0.2, 0.25) is 0 Å². The molecule has 4 unspecified atom stereocenters. The van der Waals surface area contributed by atoms with Gasteiger partial charge in [-0.15, -0.1) is 0 Å². The number of aldehydes is 1. The number of carbonyl (C=O) groups excluding carboxylic acids is 2.